The molecule has 0 aliphatic carbocycles. The maximum Gasteiger partial charge on any atom is 0.0672 e. The molecule has 2 heteroatoms. The molecule has 0 aromatic rings. The Balaban J connectivity index is 2.30. The summed E-state index contributed by atoms with van der Waals surface area (Å²) in [5.74, 6) is 0.712. The van der Waals surface area contributed by atoms with Crippen LogP contribution in [0.1, 0.15) is 39.5 Å². The summed E-state index contributed by atoms with van der Waals surface area (Å²) in [5.41, 5.74) is -0.350. The molecule has 1 heterocycles. The van der Waals surface area contributed by atoms with Gasteiger partial charge in [0, 0.05) is 13.1 Å². The third-order valence-electron chi connectivity index (χ3n) is 3.10. The number of nitrogens with zero attached hydrogens (tertiary/aromatic N) is 1. The highest BCUT2D eigenvalue weighted by Crippen LogP contribution is 2.27. The molecule has 0 aromatic carbocycles. The molecule has 0 radical (unpaired) electrons. The molecule has 0 bridgehead atoms. The molecule has 0 saturated carbocycles. The fourth-order valence-corrected chi connectivity index (χ4v) is 1.84. The van der Waals surface area contributed by atoms with Crippen molar-refractivity contribution >= 4 is 0 Å². The van der Waals surface area contributed by atoms with Gasteiger partial charge in [-0.05, 0) is 38.6 Å². The normalized spacial score (nSPS) is 23.8. The maximum atomic E-state index is 10.2. The van der Waals surface area contributed by atoms with Crippen molar-refractivity contribution in [3.63, 3.8) is 0 Å². The summed E-state index contributed by atoms with van der Waals surface area (Å²) in [6.45, 7) is 6.54. The second kappa shape index (κ2) is 4.43. The van der Waals surface area contributed by atoms with Crippen LogP contribution in [0, 0.1) is 5.92 Å². The summed E-state index contributed by atoms with van der Waals surface area (Å²) in [6, 6.07) is 0. The van der Waals surface area contributed by atoms with E-state index >= 15 is 0 Å². The number of aliphatic hydroxyl groups is 1. The quantitative estimate of drug-likeness (QED) is 0.725. The van der Waals surface area contributed by atoms with Gasteiger partial charge in [-0.1, -0.05) is 13.8 Å². The van der Waals surface area contributed by atoms with E-state index in [0.29, 0.717) is 5.92 Å². The van der Waals surface area contributed by atoms with Gasteiger partial charge >= 0.3 is 0 Å². The van der Waals surface area contributed by atoms with Crippen molar-refractivity contribution in [2.24, 2.45) is 5.92 Å². The molecule has 0 amide bonds. The Bertz CT molecular complexity index is 148. The van der Waals surface area contributed by atoms with Crippen molar-refractivity contribution in [3.05, 3.63) is 0 Å². The number of hydrogen-bond acceptors (Lipinski definition) is 2. The topological polar surface area (TPSA) is 23.5 Å². The largest absolute Gasteiger partial charge is 0.390 e. The van der Waals surface area contributed by atoms with Crippen molar-refractivity contribution in [1.29, 1.82) is 0 Å². The standard InChI is InChI=1S/C11H23NO/c1-10(2)4-5-11(13)6-8-12(3)9-7-11/h10,13H,4-9H2,1-3H3. The molecule has 0 aromatic heterocycles. The Morgan fingerprint density at radius 1 is 1.31 bits per heavy atom. The Labute approximate surface area is 81.9 Å². The van der Waals surface area contributed by atoms with E-state index < -0.39 is 0 Å². The van der Waals surface area contributed by atoms with Crippen molar-refractivity contribution in [2.45, 2.75) is 45.1 Å². The molecule has 0 spiro atoms. The number of hydrogen-bond donors (Lipinski definition) is 1. The predicted molar refractivity (Wildman–Crippen MR) is 55.8 cm³/mol. The van der Waals surface area contributed by atoms with E-state index in [4.69, 9.17) is 0 Å². The zero-order valence-corrected chi connectivity index (χ0v) is 9.21. The van der Waals surface area contributed by atoms with Crippen LogP contribution in [0.25, 0.3) is 0 Å². The van der Waals surface area contributed by atoms with Gasteiger partial charge in [0.1, 0.15) is 0 Å². The average molecular weight is 185 g/mol. The smallest absolute Gasteiger partial charge is 0.0672 e. The van der Waals surface area contributed by atoms with Crippen LogP contribution in [0.15, 0.2) is 0 Å². The fraction of sp³-hybridized carbons (Fsp3) is 1.00. The minimum atomic E-state index is -0.350. The van der Waals surface area contributed by atoms with E-state index in [9.17, 15) is 5.11 Å². The highest BCUT2D eigenvalue weighted by atomic mass is 16.3. The number of piperidine rings is 1. The number of likely N-dealkylation sites (tertiary alicyclic amines) is 1. The Morgan fingerprint density at radius 2 is 1.85 bits per heavy atom. The van der Waals surface area contributed by atoms with E-state index in [2.05, 4.69) is 25.8 Å². The van der Waals surface area contributed by atoms with Crippen LogP contribution in [-0.2, 0) is 0 Å². The molecule has 1 aliphatic rings. The van der Waals surface area contributed by atoms with E-state index in [0.717, 1.165) is 38.8 Å². The van der Waals surface area contributed by atoms with E-state index in [1.165, 1.54) is 0 Å². The molecule has 1 N–H and O–H groups in total. The second-order valence-corrected chi connectivity index (χ2v) is 4.96. The predicted octanol–water partition coefficient (Wildman–Crippen LogP) is 1.88. The molecular formula is C11H23NO. The lowest BCUT2D eigenvalue weighted by Gasteiger charge is -2.37. The zero-order chi connectivity index (χ0) is 9.90. The maximum absolute atomic E-state index is 10.2. The lowest BCUT2D eigenvalue weighted by atomic mass is 9.85. The Morgan fingerprint density at radius 3 is 2.31 bits per heavy atom. The molecule has 13 heavy (non-hydrogen) atoms. The number of rotatable bonds is 3. The minimum absolute atomic E-state index is 0.350. The molecule has 1 fully saturated rings. The van der Waals surface area contributed by atoms with Crippen molar-refractivity contribution in [1.82, 2.24) is 4.90 Å². The van der Waals surface area contributed by atoms with E-state index in [-0.39, 0.29) is 5.60 Å². The van der Waals surface area contributed by atoms with Gasteiger partial charge in [-0.15, -0.1) is 0 Å². The SMILES string of the molecule is CC(C)CCC1(O)CCN(C)CC1. The highest BCUT2D eigenvalue weighted by Gasteiger charge is 2.30. The summed E-state index contributed by atoms with van der Waals surface area (Å²) in [5, 5.41) is 10.2. The van der Waals surface area contributed by atoms with Crippen molar-refractivity contribution in [3.8, 4) is 0 Å². The summed E-state index contributed by atoms with van der Waals surface area (Å²) < 4.78 is 0. The highest BCUT2D eigenvalue weighted by molar-refractivity contribution is 4.84. The summed E-state index contributed by atoms with van der Waals surface area (Å²) in [7, 11) is 2.13. The molecule has 78 valence electrons. The first-order chi connectivity index (χ1) is 6.02. The average Bonchev–Trinajstić information content (AvgIpc) is 2.08. The summed E-state index contributed by atoms with van der Waals surface area (Å²) in [4.78, 5) is 2.30. The van der Waals surface area contributed by atoms with Gasteiger partial charge < -0.3 is 10.0 Å². The summed E-state index contributed by atoms with van der Waals surface area (Å²) in [6.07, 6.45) is 4.05. The van der Waals surface area contributed by atoms with Gasteiger partial charge in [0.25, 0.3) is 0 Å². The Hall–Kier alpha value is -0.0800. The van der Waals surface area contributed by atoms with Gasteiger partial charge in [0.05, 0.1) is 5.60 Å². The molecule has 1 saturated heterocycles. The summed E-state index contributed by atoms with van der Waals surface area (Å²) >= 11 is 0. The third-order valence-corrected chi connectivity index (χ3v) is 3.10. The lowest BCUT2D eigenvalue weighted by molar-refractivity contribution is -0.0258. The van der Waals surface area contributed by atoms with Crippen LogP contribution in [0.3, 0.4) is 0 Å². The molecule has 1 rings (SSSR count). The van der Waals surface area contributed by atoms with Gasteiger partial charge in [-0.2, -0.15) is 0 Å². The monoisotopic (exact) mass is 185 g/mol. The van der Waals surface area contributed by atoms with Crippen molar-refractivity contribution < 1.29 is 5.11 Å². The van der Waals surface area contributed by atoms with Crippen LogP contribution >= 0.6 is 0 Å². The second-order valence-electron chi connectivity index (χ2n) is 4.96. The van der Waals surface area contributed by atoms with Gasteiger partial charge in [0.2, 0.25) is 0 Å². The third kappa shape index (κ3) is 3.65. The van der Waals surface area contributed by atoms with Gasteiger partial charge in [0.15, 0.2) is 0 Å². The first-order valence-corrected chi connectivity index (χ1v) is 5.43. The molecule has 1 aliphatic heterocycles. The van der Waals surface area contributed by atoms with Gasteiger partial charge in [-0.3, -0.25) is 0 Å². The molecule has 0 atom stereocenters. The van der Waals surface area contributed by atoms with Gasteiger partial charge in [-0.25, -0.2) is 0 Å². The molecular weight excluding hydrogens is 162 g/mol. The van der Waals surface area contributed by atoms with Crippen LogP contribution in [0.2, 0.25) is 0 Å². The van der Waals surface area contributed by atoms with E-state index in [1.54, 1.807) is 0 Å². The van der Waals surface area contributed by atoms with E-state index in [1.807, 2.05) is 0 Å². The first-order valence-electron chi connectivity index (χ1n) is 5.43. The minimum Gasteiger partial charge on any atom is -0.390 e. The van der Waals surface area contributed by atoms with Crippen molar-refractivity contribution in [2.75, 3.05) is 20.1 Å². The van der Waals surface area contributed by atoms with Crippen LogP contribution in [-0.4, -0.2) is 35.7 Å². The molecule has 2 nitrogen and oxygen atoms in total. The Kier molecular flexibility index (Phi) is 3.74. The first kappa shape index (κ1) is 11.0. The van der Waals surface area contributed by atoms with Crippen LogP contribution in [0.4, 0.5) is 0 Å². The van der Waals surface area contributed by atoms with Crippen LogP contribution < -0.4 is 0 Å². The van der Waals surface area contributed by atoms with Crippen LogP contribution in [0.5, 0.6) is 0 Å². The molecule has 0 unspecified atom stereocenters. The lowest BCUT2D eigenvalue weighted by Crippen LogP contribution is -2.42. The fourth-order valence-electron chi connectivity index (χ4n) is 1.84. The zero-order valence-electron chi connectivity index (χ0n) is 9.21.